The van der Waals surface area contributed by atoms with Crippen LogP contribution in [-0.2, 0) is 6.54 Å². The second-order valence-electron chi connectivity index (χ2n) is 3.73. The second kappa shape index (κ2) is 4.14. The van der Waals surface area contributed by atoms with Gasteiger partial charge in [0, 0.05) is 11.1 Å². The van der Waals surface area contributed by atoms with E-state index in [2.05, 4.69) is 15.5 Å². The molecule has 2 heterocycles. The number of furan rings is 1. The Morgan fingerprint density at radius 2 is 2.24 bits per heavy atom. The molecule has 0 aliphatic carbocycles. The van der Waals surface area contributed by atoms with Gasteiger partial charge in [-0.25, -0.2) is 0 Å². The Bertz CT molecular complexity index is 644. The van der Waals surface area contributed by atoms with Gasteiger partial charge in [-0.1, -0.05) is 0 Å². The molecule has 0 unspecified atom stereocenters. The fraction of sp³-hybridized carbons (Fsp3) is 0.0833. The first kappa shape index (κ1) is 10.2. The summed E-state index contributed by atoms with van der Waals surface area (Å²) < 4.78 is 5.26. The van der Waals surface area contributed by atoms with Crippen molar-refractivity contribution in [1.82, 2.24) is 10.2 Å². The Morgan fingerprint density at radius 3 is 3.06 bits per heavy atom. The lowest BCUT2D eigenvalue weighted by atomic mass is 10.2. The van der Waals surface area contributed by atoms with E-state index in [-0.39, 0.29) is 0 Å². The van der Waals surface area contributed by atoms with Gasteiger partial charge in [0.2, 0.25) is 0 Å². The maximum Gasteiger partial charge on any atom is 0.193 e. The van der Waals surface area contributed by atoms with Crippen molar-refractivity contribution in [2.24, 2.45) is 0 Å². The lowest BCUT2D eigenvalue weighted by Gasteiger charge is -2.03. The molecule has 4 nitrogen and oxygen atoms in total. The largest absolute Gasteiger partial charge is 0.448 e. The minimum atomic E-state index is 0.409. The minimum absolute atomic E-state index is 0.409. The number of nitrogens with zero attached hydrogens (tertiary/aromatic N) is 1. The van der Waals surface area contributed by atoms with Gasteiger partial charge in [0.25, 0.3) is 0 Å². The van der Waals surface area contributed by atoms with E-state index < -0.39 is 0 Å². The molecule has 0 fully saturated rings. The molecule has 2 N–H and O–H groups in total. The van der Waals surface area contributed by atoms with E-state index >= 15 is 0 Å². The minimum Gasteiger partial charge on any atom is -0.448 e. The van der Waals surface area contributed by atoms with Gasteiger partial charge < -0.3 is 9.73 Å². The number of anilines is 1. The summed E-state index contributed by atoms with van der Waals surface area (Å²) in [5, 5.41) is 11.6. The SMILES string of the molecule is Clc1ccc(CNc2ccc3[nH]ncc3c2)o1. The Morgan fingerprint density at radius 1 is 1.29 bits per heavy atom. The molecule has 3 rings (SSSR count). The van der Waals surface area contributed by atoms with Crippen LogP contribution in [0.1, 0.15) is 5.76 Å². The predicted molar refractivity (Wildman–Crippen MR) is 67.1 cm³/mol. The summed E-state index contributed by atoms with van der Waals surface area (Å²) in [6, 6.07) is 9.60. The topological polar surface area (TPSA) is 53.9 Å². The summed E-state index contributed by atoms with van der Waals surface area (Å²) >= 11 is 5.70. The van der Waals surface area contributed by atoms with E-state index in [9.17, 15) is 0 Å². The second-order valence-corrected chi connectivity index (χ2v) is 4.10. The first-order chi connectivity index (χ1) is 8.31. The van der Waals surface area contributed by atoms with E-state index in [1.165, 1.54) is 0 Å². The van der Waals surface area contributed by atoms with Crippen LogP contribution in [0, 0.1) is 0 Å². The zero-order valence-electron chi connectivity index (χ0n) is 8.90. The van der Waals surface area contributed by atoms with Gasteiger partial charge in [-0.2, -0.15) is 5.10 Å². The van der Waals surface area contributed by atoms with Crippen LogP contribution < -0.4 is 5.32 Å². The molecule has 0 radical (unpaired) electrons. The summed E-state index contributed by atoms with van der Waals surface area (Å²) in [5.74, 6) is 0.808. The van der Waals surface area contributed by atoms with E-state index in [1.54, 1.807) is 12.3 Å². The molecule has 0 aliphatic heterocycles. The smallest absolute Gasteiger partial charge is 0.193 e. The maximum absolute atomic E-state index is 5.70. The highest BCUT2D eigenvalue weighted by atomic mass is 35.5. The van der Waals surface area contributed by atoms with Gasteiger partial charge >= 0.3 is 0 Å². The number of aromatic amines is 1. The maximum atomic E-state index is 5.70. The van der Waals surface area contributed by atoms with Crippen molar-refractivity contribution >= 4 is 28.2 Å². The molecule has 1 aromatic carbocycles. The summed E-state index contributed by atoms with van der Waals surface area (Å²) in [6.45, 7) is 0.607. The quantitative estimate of drug-likeness (QED) is 0.746. The zero-order chi connectivity index (χ0) is 11.7. The molecule has 17 heavy (non-hydrogen) atoms. The Balaban J connectivity index is 1.76. The first-order valence-corrected chi connectivity index (χ1v) is 5.60. The molecule has 0 saturated carbocycles. The fourth-order valence-electron chi connectivity index (χ4n) is 1.69. The number of benzene rings is 1. The molecule has 86 valence electrons. The zero-order valence-corrected chi connectivity index (χ0v) is 9.66. The normalized spacial score (nSPS) is 10.9. The standard InChI is InChI=1S/C12H10ClN3O/c13-12-4-2-10(17-12)7-14-9-1-3-11-8(5-9)6-15-16-11/h1-6,14H,7H2,(H,15,16). The van der Waals surface area contributed by atoms with Crippen molar-refractivity contribution in [3.63, 3.8) is 0 Å². The van der Waals surface area contributed by atoms with Crippen LogP contribution in [0.25, 0.3) is 10.9 Å². The average Bonchev–Trinajstić information content (AvgIpc) is 2.94. The highest BCUT2D eigenvalue weighted by molar-refractivity contribution is 6.28. The highest BCUT2D eigenvalue weighted by Crippen LogP contribution is 2.18. The summed E-state index contributed by atoms with van der Waals surface area (Å²) in [5.41, 5.74) is 2.04. The van der Waals surface area contributed by atoms with Gasteiger partial charge in [0.1, 0.15) is 5.76 Å². The number of nitrogens with one attached hydrogen (secondary N) is 2. The number of aromatic nitrogens is 2. The van der Waals surface area contributed by atoms with Crippen LogP contribution in [0.5, 0.6) is 0 Å². The summed E-state index contributed by atoms with van der Waals surface area (Å²) in [4.78, 5) is 0. The Hall–Kier alpha value is -1.94. The van der Waals surface area contributed by atoms with Crippen LogP contribution in [0.3, 0.4) is 0 Å². The van der Waals surface area contributed by atoms with Crippen molar-refractivity contribution in [2.45, 2.75) is 6.54 Å². The van der Waals surface area contributed by atoms with Crippen LogP contribution in [0.2, 0.25) is 5.22 Å². The van der Waals surface area contributed by atoms with E-state index in [0.717, 1.165) is 22.4 Å². The van der Waals surface area contributed by atoms with Crippen LogP contribution in [0.4, 0.5) is 5.69 Å². The van der Waals surface area contributed by atoms with Crippen molar-refractivity contribution in [1.29, 1.82) is 0 Å². The van der Waals surface area contributed by atoms with Gasteiger partial charge in [-0.3, -0.25) is 5.10 Å². The van der Waals surface area contributed by atoms with Crippen molar-refractivity contribution in [2.75, 3.05) is 5.32 Å². The van der Waals surface area contributed by atoms with E-state index in [4.69, 9.17) is 16.0 Å². The molecule has 0 spiro atoms. The van der Waals surface area contributed by atoms with Gasteiger partial charge in [-0.15, -0.1) is 0 Å². The molecular weight excluding hydrogens is 238 g/mol. The summed E-state index contributed by atoms with van der Waals surface area (Å²) in [6.07, 6.45) is 1.80. The third-order valence-corrected chi connectivity index (χ3v) is 2.74. The van der Waals surface area contributed by atoms with Gasteiger partial charge in [0.05, 0.1) is 18.3 Å². The Labute approximate surface area is 103 Å². The molecule has 2 aromatic heterocycles. The molecule has 5 heteroatoms. The van der Waals surface area contributed by atoms with E-state index in [0.29, 0.717) is 11.8 Å². The first-order valence-electron chi connectivity index (χ1n) is 5.22. The molecule has 3 aromatic rings. The number of rotatable bonds is 3. The molecule has 0 aliphatic rings. The lowest BCUT2D eigenvalue weighted by molar-refractivity contribution is 0.520. The number of hydrogen-bond donors (Lipinski definition) is 2. The van der Waals surface area contributed by atoms with Gasteiger partial charge in [0.15, 0.2) is 5.22 Å². The van der Waals surface area contributed by atoms with Gasteiger partial charge in [-0.05, 0) is 41.9 Å². The van der Waals surface area contributed by atoms with Crippen LogP contribution >= 0.6 is 11.6 Å². The van der Waals surface area contributed by atoms with E-state index in [1.807, 2.05) is 24.3 Å². The number of fused-ring (bicyclic) bond motifs is 1. The predicted octanol–water partition coefficient (Wildman–Crippen LogP) is 3.42. The van der Waals surface area contributed by atoms with Crippen LogP contribution in [0.15, 0.2) is 40.9 Å². The third kappa shape index (κ3) is 2.12. The molecular formula is C12H10ClN3O. The number of halogens is 1. The lowest BCUT2D eigenvalue weighted by Crippen LogP contribution is -1.97. The Kier molecular flexibility index (Phi) is 2.49. The van der Waals surface area contributed by atoms with Crippen LogP contribution in [-0.4, -0.2) is 10.2 Å². The molecule has 0 saturated heterocycles. The number of hydrogen-bond acceptors (Lipinski definition) is 3. The monoisotopic (exact) mass is 247 g/mol. The summed E-state index contributed by atoms with van der Waals surface area (Å²) in [7, 11) is 0. The third-order valence-electron chi connectivity index (χ3n) is 2.54. The van der Waals surface area contributed by atoms with Crippen molar-refractivity contribution in [3.05, 3.63) is 47.5 Å². The highest BCUT2D eigenvalue weighted by Gasteiger charge is 2.01. The molecule has 0 amide bonds. The van der Waals surface area contributed by atoms with Crippen molar-refractivity contribution < 1.29 is 4.42 Å². The molecule has 0 bridgehead atoms. The average molecular weight is 248 g/mol. The number of H-pyrrole nitrogens is 1. The fourth-order valence-corrected chi connectivity index (χ4v) is 1.85. The molecule has 0 atom stereocenters. The van der Waals surface area contributed by atoms with Crippen molar-refractivity contribution in [3.8, 4) is 0 Å².